The fourth-order valence-electron chi connectivity index (χ4n) is 3.40. The molecule has 5 nitrogen and oxygen atoms in total. The Balaban J connectivity index is 1.62. The number of halogens is 3. The first-order valence-electron chi connectivity index (χ1n) is 9.57. The highest BCUT2D eigenvalue weighted by Gasteiger charge is 2.29. The molecule has 8 heteroatoms. The summed E-state index contributed by atoms with van der Waals surface area (Å²) in [5.41, 5.74) is 7.82. The molecule has 0 spiro atoms. The lowest BCUT2D eigenvalue weighted by Gasteiger charge is -2.07. The molecule has 2 heterocycles. The van der Waals surface area contributed by atoms with Gasteiger partial charge in [-0.1, -0.05) is 24.0 Å². The van der Waals surface area contributed by atoms with Gasteiger partial charge in [0.25, 0.3) is 0 Å². The van der Waals surface area contributed by atoms with Gasteiger partial charge in [-0.15, -0.1) is 0 Å². The molecule has 0 unspecified atom stereocenters. The molecule has 0 bridgehead atoms. The van der Waals surface area contributed by atoms with Crippen molar-refractivity contribution in [3.63, 3.8) is 0 Å². The van der Waals surface area contributed by atoms with Crippen molar-refractivity contribution in [2.75, 3.05) is 5.73 Å². The quantitative estimate of drug-likeness (QED) is 0.646. The Hall–Kier alpha value is -3.34. The van der Waals surface area contributed by atoms with Crippen LogP contribution < -0.4 is 5.73 Å². The van der Waals surface area contributed by atoms with Gasteiger partial charge in [0.1, 0.15) is 30.1 Å². The number of nitrogens with zero attached hydrogens (tertiary/aromatic N) is 3. The zero-order valence-electron chi connectivity index (χ0n) is 16.0. The molecule has 4 rings (SSSR count). The number of fused-ring (bicyclic) bond motifs is 1. The van der Waals surface area contributed by atoms with Gasteiger partial charge in [0, 0.05) is 24.6 Å². The van der Waals surface area contributed by atoms with E-state index in [1.807, 2.05) is 18.2 Å². The van der Waals surface area contributed by atoms with E-state index in [-0.39, 0.29) is 17.2 Å². The average molecular weight is 412 g/mol. The lowest BCUT2D eigenvalue weighted by molar-refractivity contribution is -0.140. The van der Waals surface area contributed by atoms with Crippen LogP contribution in [0.25, 0.3) is 11.0 Å². The Labute approximate surface area is 171 Å². The van der Waals surface area contributed by atoms with Crippen LogP contribution in [0.3, 0.4) is 0 Å². The summed E-state index contributed by atoms with van der Waals surface area (Å²) in [4.78, 5) is 19.9. The smallest absolute Gasteiger partial charge is 0.383 e. The number of hydrogen-bond acceptors (Lipinski definition) is 4. The molecular weight excluding hydrogens is 393 g/mol. The van der Waals surface area contributed by atoms with Crippen LogP contribution in [0.15, 0.2) is 36.8 Å². The first-order valence-corrected chi connectivity index (χ1v) is 9.57. The minimum absolute atomic E-state index is 0.0737. The Morgan fingerprint density at radius 1 is 1.23 bits per heavy atom. The summed E-state index contributed by atoms with van der Waals surface area (Å²) < 4.78 is 39.7. The van der Waals surface area contributed by atoms with Gasteiger partial charge in [-0.2, -0.15) is 13.2 Å². The van der Waals surface area contributed by atoms with Crippen LogP contribution in [0.2, 0.25) is 0 Å². The van der Waals surface area contributed by atoms with Crippen LogP contribution in [0, 0.1) is 17.8 Å². The molecule has 1 saturated carbocycles. The number of hydrogen-bond donors (Lipinski definition) is 1. The number of carbonyl (C=O) groups excluding carboxylic acids is 1. The van der Waals surface area contributed by atoms with Crippen LogP contribution in [-0.4, -0.2) is 26.5 Å². The molecular formula is C22H19F3N4O. The van der Waals surface area contributed by atoms with E-state index in [0.717, 1.165) is 29.3 Å². The van der Waals surface area contributed by atoms with E-state index in [1.165, 1.54) is 6.20 Å². The summed E-state index contributed by atoms with van der Waals surface area (Å²) >= 11 is 0. The third kappa shape index (κ3) is 4.79. The number of rotatable bonds is 5. The first-order chi connectivity index (χ1) is 14.3. The summed E-state index contributed by atoms with van der Waals surface area (Å²) in [6.07, 6.45) is 1.25. The third-order valence-electron chi connectivity index (χ3n) is 4.92. The molecule has 1 aliphatic rings. The molecule has 2 N–H and O–H groups in total. The highest BCUT2D eigenvalue weighted by Crippen LogP contribution is 2.33. The second-order valence-electron chi connectivity index (χ2n) is 7.56. The van der Waals surface area contributed by atoms with Gasteiger partial charge in [-0.25, -0.2) is 9.97 Å². The summed E-state index contributed by atoms with van der Waals surface area (Å²) in [5, 5.41) is 0.296. The Kier molecular flexibility index (Phi) is 5.20. The molecule has 0 amide bonds. The minimum atomic E-state index is -4.41. The topological polar surface area (TPSA) is 73.8 Å². The largest absolute Gasteiger partial charge is 0.406 e. The van der Waals surface area contributed by atoms with Crippen molar-refractivity contribution in [1.82, 2.24) is 14.5 Å². The molecule has 0 aliphatic heterocycles. The number of carbonyl (C=O) groups is 1. The summed E-state index contributed by atoms with van der Waals surface area (Å²) in [6, 6.07) is 7.30. The monoisotopic (exact) mass is 412 g/mol. The van der Waals surface area contributed by atoms with Crippen molar-refractivity contribution in [3.8, 4) is 11.8 Å². The maximum absolute atomic E-state index is 12.9. The van der Waals surface area contributed by atoms with Crippen LogP contribution >= 0.6 is 0 Å². The molecule has 3 aromatic rings. The number of aromatic nitrogens is 3. The van der Waals surface area contributed by atoms with Gasteiger partial charge < -0.3 is 10.3 Å². The van der Waals surface area contributed by atoms with Gasteiger partial charge in [-0.3, -0.25) is 4.79 Å². The van der Waals surface area contributed by atoms with Crippen LogP contribution in [-0.2, 0) is 17.8 Å². The molecule has 30 heavy (non-hydrogen) atoms. The van der Waals surface area contributed by atoms with Crippen molar-refractivity contribution in [1.29, 1.82) is 0 Å². The first kappa shape index (κ1) is 20.0. The predicted molar refractivity (Wildman–Crippen MR) is 106 cm³/mol. The number of Topliss-reactive ketones (excluding diaryl/α,β-unsaturated/α-hetero) is 1. The normalized spacial score (nSPS) is 13.8. The van der Waals surface area contributed by atoms with E-state index in [4.69, 9.17) is 5.73 Å². The molecule has 0 saturated heterocycles. The summed E-state index contributed by atoms with van der Waals surface area (Å²) in [5.74, 6) is 6.68. The second-order valence-corrected chi connectivity index (χ2v) is 7.56. The van der Waals surface area contributed by atoms with Crippen LogP contribution in [0.5, 0.6) is 0 Å². The van der Waals surface area contributed by atoms with Gasteiger partial charge in [0.05, 0.1) is 10.9 Å². The minimum Gasteiger partial charge on any atom is -0.383 e. The molecule has 1 aliphatic carbocycles. The maximum Gasteiger partial charge on any atom is 0.406 e. The molecule has 2 aromatic heterocycles. The number of nitrogens with two attached hydrogens (primary N) is 1. The SMILES string of the molecule is Nc1ncnc2c1c(C#Cc1cccc(CC(=O)CC3CC3)c1)cn2CC(F)(F)F. The fourth-order valence-corrected chi connectivity index (χ4v) is 3.40. The highest BCUT2D eigenvalue weighted by atomic mass is 19.4. The van der Waals surface area contributed by atoms with E-state index in [2.05, 4.69) is 21.8 Å². The van der Waals surface area contributed by atoms with Crippen molar-refractivity contribution >= 4 is 22.6 Å². The zero-order valence-corrected chi connectivity index (χ0v) is 16.0. The molecule has 1 fully saturated rings. The Bertz CT molecular complexity index is 1170. The van der Waals surface area contributed by atoms with Crippen molar-refractivity contribution in [2.24, 2.45) is 5.92 Å². The lowest BCUT2D eigenvalue weighted by atomic mass is 10.0. The Morgan fingerprint density at radius 2 is 2.03 bits per heavy atom. The fraction of sp³-hybridized carbons (Fsp3) is 0.318. The van der Waals surface area contributed by atoms with Gasteiger partial charge in [0.2, 0.25) is 0 Å². The summed E-state index contributed by atoms with van der Waals surface area (Å²) in [6.45, 7) is -1.19. The van der Waals surface area contributed by atoms with Crippen LogP contribution in [0.1, 0.15) is 36.0 Å². The molecule has 1 aromatic carbocycles. The van der Waals surface area contributed by atoms with E-state index < -0.39 is 12.7 Å². The van der Waals surface area contributed by atoms with E-state index >= 15 is 0 Å². The van der Waals surface area contributed by atoms with E-state index in [0.29, 0.717) is 35.3 Å². The van der Waals surface area contributed by atoms with Crippen molar-refractivity contribution < 1.29 is 18.0 Å². The number of benzene rings is 1. The number of ketones is 1. The van der Waals surface area contributed by atoms with E-state index in [9.17, 15) is 18.0 Å². The van der Waals surface area contributed by atoms with Crippen molar-refractivity contribution in [3.05, 3.63) is 53.5 Å². The lowest BCUT2D eigenvalue weighted by Crippen LogP contribution is -2.17. The molecule has 154 valence electrons. The van der Waals surface area contributed by atoms with Gasteiger partial charge >= 0.3 is 6.18 Å². The second kappa shape index (κ2) is 7.82. The number of nitrogen functional groups attached to an aromatic ring is 1. The third-order valence-corrected chi connectivity index (χ3v) is 4.92. The number of anilines is 1. The average Bonchev–Trinajstić information content (AvgIpc) is 3.40. The summed E-state index contributed by atoms with van der Waals surface area (Å²) in [7, 11) is 0. The predicted octanol–water partition coefficient (Wildman–Crippen LogP) is 3.89. The Morgan fingerprint density at radius 3 is 2.77 bits per heavy atom. The number of alkyl halides is 3. The van der Waals surface area contributed by atoms with E-state index in [1.54, 1.807) is 6.07 Å². The van der Waals surface area contributed by atoms with Gasteiger partial charge in [0.15, 0.2) is 0 Å². The van der Waals surface area contributed by atoms with Crippen molar-refractivity contribution in [2.45, 2.75) is 38.4 Å². The molecule has 0 radical (unpaired) electrons. The standard InChI is InChI=1S/C22H19F3N4O/c23-22(24,25)12-29-11-17(19-20(26)27-13-28-21(19)29)7-6-14-2-1-3-16(8-14)10-18(30)9-15-4-5-15/h1-3,8,11,13,15H,4-5,9-10,12H2,(H2,26,27,28). The maximum atomic E-state index is 12.9. The highest BCUT2D eigenvalue weighted by molar-refractivity contribution is 5.92. The van der Waals surface area contributed by atoms with Gasteiger partial charge in [-0.05, 0) is 36.5 Å². The van der Waals surface area contributed by atoms with Crippen LogP contribution in [0.4, 0.5) is 19.0 Å². The molecule has 0 atom stereocenters. The zero-order chi connectivity index (χ0) is 21.3.